The second-order valence-corrected chi connectivity index (χ2v) is 3.97. The van der Waals surface area contributed by atoms with Gasteiger partial charge in [0.25, 0.3) is 5.91 Å². The first-order chi connectivity index (χ1) is 8.02. The Morgan fingerprint density at radius 3 is 2.71 bits per heavy atom. The molecule has 8 nitrogen and oxygen atoms in total. The minimum absolute atomic E-state index is 0.0668. The van der Waals surface area contributed by atoms with Crippen LogP contribution in [0.2, 0.25) is 0 Å². The number of carbonyl (C=O) groups is 2. The lowest BCUT2D eigenvalue weighted by Crippen LogP contribution is -2.38. The summed E-state index contributed by atoms with van der Waals surface area (Å²) < 4.78 is 4.35. The Hall–Kier alpha value is -2.12. The molecule has 0 saturated carbocycles. The van der Waals surface area contributed by atoms with Crippen molar-refractivity contribution in [1.82, 2.24) is 15.2 Å². The summed E-state index contributed by atoms with van der Waals surface area (Å²) in [5.74, 6) is -1.99. The molecule has 0 aromatic carbocycles. The molecule has 0 aliphatic carbocycles. The molecule has 0 bridgehead atoms. The van der Waals surface area contributed by atoms with Crippen LogP contribution in [0.15, 0.2) is 4.63 Å². The zero-order valence-electron chi connectivity index (χ0n) is 9.16. The van der Waals surface area contributed by atoms with E-state index >= 15 is 0 Å². The predicted molar refractivity (Wildman–Crippen MR) is 55.0 cm³/mol. The third-order valence-corrected chi connectivity index (χ3v) is 3.05. The smallest absolute Gasteiger partial charge is 0.308 e. The first kappa shape index (κ1) is 11.4. The molecule has 17 heavy (non-hydrogen) atoms. The molecule has 0 radical (unpaired) electrons. The number of nitrogens with zero attached hydrogens (tertiary/aromatic N) is 3. The number of aromatic nitrogens is 2. The standard InChI is InChI=1S/C9H12N4O4/c1-4-5(9(15)16)2-3-13(4)8(14)6-7(10)12-17-11-6/h4-5H,2-3H2,1H3,(H2,10,12)(H,15,16). The average molecular weight is 240 g/mol. The van der Waals surface area contributed by atoms with E-state index in [1.165, 1.54) is 4.90 Å². The molecule has 1 fully saturated rings. The van der Waals surface area contributed by atoms with E-state index in [-0.39, 0.29) is 11.5 Å². The van der Waals surface area contributed by atoms with Crippen molar-refractivity contribution in [3.05, 3.63) is 5.69 Å². The first-order valence-corrected chi connectivity index (χ1v) is 5.14. The number of carbonyl (C=O) groups excluding carboxylic acids is 1. The van der Waals surface area contributed by atoms with Gasteiger partial charge >= 0.3 is 5.97 Å². The molecule has 2 rings (SSSR count). The normalized spacial score (nSPS) is 23.9. The van der Waals surface area contributed by atoms with Crippen molar-refractivity contribution >= 4 is 17.7 Å². The van der Waals surface area contributed by atoms with Crippen molar-refractivity contribution < 1.29 is 19.3 Å². The SMILES string of the molecule is CC1C(C(=O)O)CCN1C(=O)c1nonc1N. The Bertz CT molecular complexity index is 458. The van der Waals surface area contributed by atoms with E-state index in [1.807, 2.05) is 0 Å². The topological polar surface area (TPSA) is 123 Å². The zero-order chi connectivity index (χ0) is 12.6. The Morgan fingerprint density at radius 2 is 2.24 bits per heavy atom. The van der Waals surface area contributed by atoms with E-state index in [9.17, 15) is 9.59 Å². The van der Waals surface area contributed by atoms with Crippen LogP contribution in [0.1, 0.15) is 23.8 Å². The van der Waals surface area contributed by atoms with Crippen LogP contribution in [0.5, 0.6) is 0 Å². The maximum absolute atomic E-state index is 12.0. The van der Waals surface area contributed by atoms with Crippen molar-refractivity contribution in [3.8, 4) is 0 Å². The highest BCUT2D eigenvalue weighted by atomic mass is 16.6. The lowest BCUT2D eigenvalue weighted by molar-refractivity contribution is -0.142. The minimum atomic E-state index is -0.904. The summed E-state index contributed by atoms with van der Waals surface area (Å²) in [6.45, 7) is 2.05. The first-order valence-electron chi connectivity index (χ1n) is 5.14. The van der Waals surface area contributed by atoms with Gasteiger partial charge < -0.3 is 15.7 Å². The van der Waals surface area contributed by atoms with Gasteiger partial charge in [-0.1, -0.05) is 0 Å². The summed E-state index contributed by atoms with van der Waals surface area (Å²) in [6.07, 6.45) is 0.424. The highest BCUT2D eigenvalue weighted by Gasteiger charge is 2.39. The number of anilines is 1. The van der Waals surface area contributed by atoms with Crippen LogP contribution >= 0.6 is 0 Å². The quantitative estimate of drug-likeness (QED) is 0.720. The number of amides is 1. The minimum Gasteiger partial charge on any atom is -0.481 e. The van der Waals surface area contributed by atoms with Gasteiger partial charge in [0.1, 0.15) is 0 Å². The maximum atomic E-state index is 12.0. The number of hydrogen-bond donors (Lipinski definition) is 2. The summed E-state index contributed by atoms with van der Waals surface area (Å²) in [5, 5.41) is 15.7. The fraction of sp³-hybridized carbons (Fsp3) is 0.556. The van der Waals surface area contributed by atoms with Gasteiger partial charge in [-0.25, -0.2) is 4.63 Å². The molecule has 92 valence electrons. The van der Waals surface area contributed by atoms with Gasteiger partial charge in [0.05, 0.1) is 5.92 Å². The average Bonchev–Trinajstić information content (AvgIpc) is 2.83. The van der Waals surface area contributed by atoms with Crippen LogP contribution in [-0.2, 0) is 4.79 Å². The zero-order valence-corrected chi connectivity index (χ0v) is 9.16. The lowest BCUT2D eigenvalue weighted by Gasteiger charge is -2.21. The van der Waals surface area contributed by atoms with Crippen LogP contribution in [-0.4, -0.2) is 44.8 Å². The number of nitrogens with two attached hydrogens (primary N) is 1. The van der Waals surface area contributed by atoms with Crippen LogP contribution in [0.25, 0.3) is 0 Å². The van der Waals surface area contributed by atoms with E-state index in [1.54, 1.807) is 6.92 Å². The number of hydrogen-bond acceptors (Lipinski definition) is 6. The molecule has 1 aliphatic rings. The number of rotatable bonds is 2. The van der Waals surface area contributed by atoms with Gasteiger partial charge in [-0.2, -0.15) is 0 Å². The van der Waals surface area contributed by atoms with Crippen molar-refractivity contribution in [2.24, 2.45) is 5.92 Å². The van der Waals surface area contributed by atoms with Gasteiger partial charge in [-0.3, -0.25) is 9.59 Å². The van der Waals surface area contributed by atoms with Gasteiger partial charge in [-0.05, 0) is 23.7 Å². The molecule has 2 unspecified atom stereocenters. The number of aliphatic carboxylic acids is 1. The summed E-state index contributed by atoms with van der Waals surface area (Å²) in [4.78, 5) is 24.3. The third kappa shape index (κ3) is 1.81. The van der Waals surface area contributed by atoms with Gasteiger partial charge in [0.15, 0.2) is 0 Å². The Morgan fingerprint density at radius 1 is 1.53 bits per heavy atom. The molecular formula is C9H12N4O4. The molecule has 1 amide bonds. The molecule has 3 N–H and O–H groups in total. The third-order valence-electron chi connectivity index (χ3n) is 3.05. The van der Waals surface area contributed by atoms with E-state index < -0.39 is 23.8 Å². The molecule has 1 aromatic heterocycles. The van der Waals surface area contributed by atoms with Crippen LogP contribution < -0.4 is 5.73 Å². The number of nitrogen functional groups attached to an aromatic ring is 1. The molecule has 2 atom stereocenters. The van der Waals surface area contributed by atoms with Gasteiger partial charge in [-0.15, -0.1) is 0 Å². The van der Waals surface area contributed by atoms with Gasteiger partial charge in [0.2, 0.25) is 11.5 Å². The second-order valence-electron chi connectivity index (χ2n) is 3.97. The van der Waals surface area contributed by atoms with E-state index in [2.05, 4.69) is 14.9 Å². The van der Waals surface area contributed by atoms with E-state index in [0.29, 0.717) is 13.0 Å². The molecule has 2 heterocycles. The Kier molecular flexibility index (Phi) is 2.70. The highest BCUT2D eigenvalue weighted by molar-refractivity contribution is 5.96. The second kappa shape index (κ2) is 4.04. The Balaban J connectivity index is 2.18. The number of carboxylic acids is 1. The maximum Gasteiger partial charge on any atom is 0.308 e. The molecule has 1 saturated heterocycles. The van der Waals surface area contributed by atoms with Crippen molar-refractivity contribution in [1.29, 1.82) is 0 Å². The van der Waals surface area contributed by atoms with Crippen LogP contribution in [0.3, 0.4) is 0 Å². The van der Waals surface area contributed by atoms with Crippen molar-refractivity contribution in [3.63, 3.8) is 0 Å². The highest BCUT2D eigenvalue weighted by Crippen LogP contribution is 2.26. The number of carboxylic acid groups (broad SMARTS) is 1. The summed E-state index contributed by atoms with van der Waals surface area (Å²) >= 11 is 0. The molecule has 1 aromatic rings. The van der Waals surface area contributed by atoms with Crippen LogP contribution in [0, 0.1) is 5.92 Å². The van der Waals surface area contributed by atoms with Crippen LogP contribution in [0.4, 0.5) is 5.82 Å². The molecule has 0 spiro atoms. The monoisotopic (exact) mass is 240 g/mol. The largest absolute Gasteiger partial charge is 0.481 e. The predicted octanol–water partition coefficient (Wildman–Crippen LogP) is -0.413. The molecule has 1 aliphatic heterocycles. The fourth-order valence-corrected chi connectivity index (χ4v) is 2.04. The van der Waals surface area contributed by atoms with Gasteiger partial charge in [0, 0.05) is 12.6 Å². The fourth-order valence-electron chi connectivity index (χ4n) is 2.04. The number of likely N-dealkylation sites (tertiary alicyclic amines) is 1. The Labute approximate surface area is 96.3 Å². The summed E-state index contributed by atoms with van der Waals surface area (Å²) in [7, 11) is 0. The van der Waals surface area contributed by atoms with E-state index in [0.717, 1.165) is 0 Å². The summed E-state index contributed by atoms with van der Waals surface area (Å²) in [6, 6.07) is -0.393. The van der Waals surface area contributed by atoms with Crippen molar-refractivity contribution in [2.75, 3.05) is 12.3 Å². The lowest BCUT2D eigenvalue weighted by atomic mass is 10.0. The molecule has 8 heteroatoms. The summed E-state index contributed by atoms with van der Waals surface area (Å²) in [5.41, 5.74) is 5.35. The van der Waals surface area contributed by atoms with E-state index in [4.69, 9.17) is 10.8 Å². The molecular weight excluding hydrogens is 228 g/mol. The van der Waals surface area contributed by atoms with Crippen molar-refractivity contribution in [2.45, 2.75) is 19.4 Å².